The molecule has 1 aliphatic heterocycles. The van der Waals surface area contributed by atoms with E-state index in [1.165, 1.54) is 6.26 Å². The predicted octanol–water partition coefficient (Wildman–Crippen LogP) is 0.272. The summed E-state index contributed by atoms with van der Waals surface area (Å²) in [5.41, 5.74) is 1.21. The smallest absolute Gasteiger partial charge is 0.349 e. The molecule has 4 rings (SSSR count). The Hall–Kier alpha value is -3.22. The van der Waals surface area contributed by atoms with Crippen LogP contribution < -0.4 is 15.7 Å². The molecule has 188 valence electrons. The minimum absolute atomic E-state index is 0.0936. The Morgan fingerprint density at radius 1 is 1.29 bits per heavy atom. The van der Waals surface area contributed by atoms with Crippen molar-refractivity contribution in [3.05, 3.63) is 50.8 Å². The maximum Gasteiger partial charge on any atom is 0.349 e. The quantitative estimate of drug-likeness (QED) is 0.480. The molecule has 1 unspecified atom stereocenters. The van der Waals surface area contributed by atoms with Crippen LogP contribution in [0.25, 0.3) is 22.2 Å². The average molecular weight is 503 g/mol. The second kappa shape index (κ2) is 9.44. The van der Waals surface area contributed by atoms with Crippen molar-refractivity contribution in [3.8, 4) is 11.3 Å². The number of aromatic nitrogens is 4. The van der Waals surface area contributed by atoms with E-state index in [0.29, 0.717) is 40.9 Å². The summed E-state index contributed by atoms with van der Waals surface area (Å²) in [4.78, 5) is 44.5. The third kappa shape index (κ3) is 4.81. The van der Waals surface area contributed by atoms with Gasteiger partial charge in [-0.2, -0.15) is 9.51 Å². The molecule has 0 bridgehead atoms. The van der Waals surface area contributed by atoms with Gasteiger partial charge in [0.15, 0.2) is 0 Å². The van der Waals surface area contributed by atoms with Crippen LogP contribution in [-0.4, -0.2) is 79.4 Å². The first-order chi connectivity index (χ1) is 16.5. The van der Waals surface area contributed by atoms with Crippen LogP contribution in [0.2, 0.25) is 0 Å². The molecule has 0 spiro atoms. The van der Waals surface area contributed by atoms with Crippen LogP contribution in [0, 0.1) is 0 Å². The van der Waals surface area contributed by atoms with Crippen molar-refractivity contribution >= 4 is 32.4 Å². The minimum Gasteiger partial charge on any atom is -0.379 e. The molecule has 0 radical (unpaired) electrons. The fourth-order valence-corrected chi connectivity index (χ4v) is 5.27. The number of aryl methyl sites for hydroxylation is 1. The Kier molecular flexibility index (Phi) is 6.71. The number of nitrogens with one attached hydrogen (secondary N) is 1. The number of benzene rings is 1. The van der Waals surface area contributed by atoms with E-state index in [4.69, 9.17) is 4.74 Å². The largest absolute Gasteiger partial charge is 0.379 e. The molecule has 1 atom stereocenters. The van der Waals surface area contributed by atoms with Gasteiger partial charge in [0.2, 0.25) is 0 Å². The summed E-state index contributed by atoms with van der Waals surface area (Å²) in [6.07, 6.45) is 2.89. The zero-order chi connectivity index (χ0) is 25.5. The molecule has 12 heteroatoms. The molecule has 1 aromatic carbocycles. The molecule has 1 saturated heterocycles. The number of hydrogen-bond acceptors (Lipinski definition) is 7. The first-order valence-corrected chi connectivity index (χ1v) is 13.4. The van der Waals surface area contributed by atoms with Gasteiger partial charge in [0.1, 0.15) is 0 Å². The van der Waals surface area contributed by atoms with E-state index in [1.807, 2.05) is 24.8 Å². The predicted molar refractivity (Wildman–Crippen MR) is 137 cm³/mol. The number of rotatable bonds is 6. The van der Waals surface area contributed by atoms with Crippen molar-refractivity contribution in [1.29, 1.82) is 0 Å². The highest BCUT2D eigenvalue weighted by Crippen LogP contribution is 2.31. The fourth-order valence-electron chi connectivity index (χ4n) is 4.28. The van der Waals surface area contributed by atoms with E-state index in [1.54, 1.807) is 30.1 Å². The van der Waals surface area contributed by atoms with Crippen LogP contribution in [0.5, 0.6) is 0 Å². The Morgan fingerprint density at radius 3 is 2.54 bits per heavy atom. The molecule has 2 aromatic heterocycles. The molecule has 1 fully saturated rings. The number of nitrogens with zero attached hydrogens (tertiary/aromatic N) is 5. The molecular formula is C23H30N6O5S. The molecule has 1 aliphatic rings. The van der Waals surface area contributed by atoms with Gasteiger partial charge in [-0.25, -0.2) is 9.00 Å². The fraction of sp³-hybridized carbons (Fsp3) is 0.435. The average Bonchev–Trinajstić information content (AvgIpc) is 3.21. The molecule has 0 aliphatic carbocycles. The van der Waals surface area contributed by atoms with E-state index in [0.717, 1.165) is 16.8 Å². The Bertz CT molecular complexity index is 1490. The van der Waals surface area contributed by atoms with E-state index in [-0.39, 0.29) is 17.8 Å². The lowest BCUT2D eigenvalue weighted by atomic mass is 9.93. The number of aromatic amines is 1. The van der Waals surface area contributed by atoms with Crippen molar-refractivity contribution in [2.24, 2.45) is 7.05 Å². The summed E-state index contributed by atoms with van der Waals surface area (Å²) in [6, 6.07) is 5.29. The van der Waals surface area contributed by atoms with Crippen molar-refractivity contribution in [3.63, 3.8) is 0 Å². The van der Waals surface area contributed by atoms with Crippen LogP contribution in [0.15, 0.2) is 34.0 Å². The standard InChI is InChI=1S/C23H30N6O5S/c1-15(2)16-13-19-18(12-17(16)20-6-7-24-26(20)3)22(31)28(23(32)25-19)29(35(4,5)33)21(30)14-27-8-10-34-11-9-27/h6-7,12-13,15H,4,8-11,14H2,1-3,5H3,(H,25,32). The van der Waals surface area contributed by atoms with Crippen LogP contribution in [-0.2, 0) is 26.3 Å². The summed E-state index contributed by atoms with van der Waals surface area (Å²) >= 11 is 0. The lowest BCUT2D eigenvalue weighted by molar-refractivity contribution is -0.120. The lowest BCUT2D eigenvalue weighted by Gasteiger charge is -2.30. The summed E-state index contributed by atoms with van der Waals surface area (Å²) in [6.45, 7) is 5.85. The van der Waals surface area contributed by atoms with Gasteiger partial charge in [0.05, 0.1) is 46.1 Å². The van der Waals surface area contributed by atoms with E-state index in [2.05, 4.69) is 16.0 Å². The number of morpholine rings is 1. The van der Waals surface area contributed by atoms with Crippen molar-refractivity contribution in [2.45, 2.75) is 19.8 Å². The first kappa shape index (κ1) is 24.9. The molecule has 3 aromatic rings. The Morgan fingerprint density at radius 2 is 1.97 bits per heavy atom. The zero-order valence-corrected chi connectivity index (χ0v) is 21.1. The number of amides is 1. The van der Waals surface area contributed by atoms with E-state index < -0.39 is 26.9 Å². The van der Waals surface area contributed by atoms with Crippen molar-refractivity contribution in [1.82, 2.24) is 24.3 Å². The Labute approximate surface area is 203 Å². The minimum atomic E-state index is -3.31. The SMILES string of the molecule is C=S(C)(=O)N(C(=O)CN1CCOCC1)n1c(=O)[nH]c2cc(C(C)C)c(-c3ccnn3C)cc2c1=O. The summed E-state index contributed by atoms with van der Waals surface area (Å²) in [5, 5.41) is 4.41. The number of ether oxygens (including phenoxy) is 1. The van der Waals surface area contributed by atoms with Gasteiger partial charge in [0.25, 0.3) is 11.5 Å². The van der Waals surface area contributed by atoms with E-state index in [9.17, 15) is 18.6 Å². The number of fused-ring (bicyclic) bond motifs is 1. The summed E-state index contributed by atoms with van der Waals surface area (Å²) in [5.74, 6) is 3.03. The van der Waals surface area contributed by atoms with Gasteiger partial charge < -0.3 is 9.72 Å². The van der Waals surface area contributed by atoms with E-state index >= 15 is 0 Å². The number of hydrogen-bond donors (Lipinski definition) is 1. The van der Waals surface area contributed by atoms with Gasteiger partial charge in [-0.15, -0.1) is 4.68 Å². The molecule has 0 saturated carbocycles. The molecule has 1 amide bonds. The lowest BCUT2D eigenvalue weighted by Crippen LogP contribution is -2.58. The zero-order valence-electron chi connectivity index (χ0n) is 20.3. The topological polar surface area (TPSA) is 123 Å². The summed E-state index contributed by atoms with van der Waals surface area (Å²) < 4.78 is 21.4. The van der Waals surface area contributed by atoms with Gasteiger partial charge in [0, 0.05) is 38.2 Å². The molecule has 35 heavy (non-hydrogen) atoms. The van der Waals surface area contributed by atoms with Crippen LogP contribution in [0.3, 0.4) is 0 Å². The third-order valence-electron chi connectivity index (χ3n) is 5.99. The highest BCUT2D eigenvalue weighted by molar-refractivity contribution is 8.01. The van der Waals surface area contributed by atoms with Crippen LogP contribution >= 0.6 is 0 Å². The number of carbonyl (C=O) groups excluding carboxylic acids is 1. The van der Waals surface area contributed by atoms with Crippen molar-refractivity contribution < 1.29 is 13.7 Å². The molecule has 1 N–H and O–H groups in total. The second-order valence-electron chi connectivity index (χ2n) is 9.04. The summed E-state index contributed by atoms with van der Waals surface area (Å²) in [7, 11) is -1.51. The Balaban J connectivity index is 1.91. The maximum absolute atomic E-state index is 13.7. The normalized spacial score (nSPS) is 16.5. The highest BCUT2D eigenvalue weighted by Gasteiger charge is 2.28. The first-order valence-electron chi connectivity index (χ1n) is 11.3. The third-order valence-corrected chi connectivity index (χ3v) is 7.09. The van der Waals surface area contributed by atoms with Gasteiger partial charge >= 0.3 is 5.69 Å². The number of H-pyrrole nitrogens is 1. The molecular weight excluding hydrogens is 472 g/mol. The monoisotopic (exact) mass is 502 g/mol. The van der Waals surface area contributed by atoms with Crippen LogP contribution in [0.1, 0.15) is 25.3 Å². The van der Waals surface area contributed by atoms with Gasteiger partial charge in [-0.1, -0.05) is 13.8 Å². The number of carbonyl (C=O) groups is 1. The molecule has 11 nitrogen and oxygen atoms in total. The van der Waals surface area contributed by atoms with Gasteiger partial charge in [-0.05, 0) is 35.6 Å². The molecule has 3 heterocycles. The van der Waals surface area contributed by atoms with Crippen molar-refractivity contribution in [2.75, 3.05) is 43.5 Å². The van der Waals surface area contributed by atoms with Crippen LogP contribution in [0.4, 0.5) is 0 Å². The maximum atomic E-state index is 13.7. The second-order valence-corrected chi connectivity index (χ2v) is 11.3. The highest BCUT2D eigenvalue weighted by atomic mass is 32.2. The van der Waals surface area contributed by atoms with Gasteiger partial charge in [-0.3, -0.25) is 19.2 Å².